The van der Waals surface area contributed by atoms with Crippen LogP contribution >= 0.6 is 0 Å². The first-order chi connectivity index (χ1) is 9.69. The Morgan fingerprint density at radius 1 is 1.25 bits per heavy atom. The molecule has 0 radical (unpaired) electrons. The highest BCUT2D eigenvalue weighted by molar-refractivity contribution is 6.13. The Morgan fingerprint density at radius 2 is 2.10 bits per heavy atom. The van der Waals surface area contributed by atoms with Crippen molar-refractivity contribution < 1.29 is 9.53 Å². The summed E-state index contributed by atoms with van der Waals surface area (Å²) in [6.45, 7) is 0. The first-order valence-electron chi connectivity index (χ1n) is 6.72. The summed E-state index contributed by atoms with van der Waals surface area (Å²) in [6.07, 6.45) is 5.67. The van der Waals surface area contributed by atoms with Gasteiger partial charge in [-0.25, -0.2) is 0 Å². The van der Waals surface area contributed by atoms with Crippen LogP contribution in [-0.2, 0) is 13.5 Å². The molecule has 1 aromatic carbocycles. The van der Waals surface area contributed by atoms with Crippen LogP contribution in [0.25, 0.3) is 6.08 Å². The topological polar surface area (TPSA) is 31.2 Å². The minimum absolute atomic E-state index is 0.117. The van der Waals surface area contributed by atoms with Gasteiger partial charge in [0.25, 0.3) is 0 Å². The number of Topliss-reactive ketones (excluding diaryl/α,β-unsaturated/α-hetero) is 1. The van der Waals surface area contributed by atoms with Gasteiger partial charge in [-0.05, 0) is 48.7 Å². The first-order valence-corrected chi connectivity index (χ1v) is 6.72. The zero-order valence-corrected chi connectivity index (χ0v) is 11.7. The van der Waals surface area contributed by atoms with Gasteiger partial charge in [-0.15, -0.1) is 0 Å². The second-order valence-electron chi connectivity index (χ2n) is 5.07. The zero-order chi connectivity index (χ0) is 14.1. The van der Waals surface area contributed by atoms with Crippen molar-refractivity contribution in [3.63, 3.8) is 0 Å². The summed E-state index contributed by atoms with van der Waals surface area (Å²) in [7, 11) is 3.60. The van der Waals surface area contributed by atoms with Crippen LogP contribution in [0.5, 0.6) is 5.75 Å². The maximum atomic E-state index is 12.6. The van der Waals surface area contributed by atoms with Gasteiger partial charge in [-0.1, -0.05) is 6.07 Å². The van der Waals surface area contributed by atoms with Crippen molar-refractivity contribution in [2.45, 2.75) is 12.8 Å². The van der Waals surface area contributed by atoms with Gasteiger partial charge in [0.05, 0.1) is 7.11 Å². The molecular formula is C17H17NO2. The van der Waals surface area contributed by atoms with E-state index in [1.165, 1.54) is 0 Å². The molecule has 0 saturated heterocycles. The predicted molar refractivity (Wildman–Crippen MR) is 79.0 cm³/mol. The third kappa shape index (κ3) is 2.16. The van der Waals surface area contributed by atoms with Gasteiger partial charge in [-0.2, -0.15) is 0 Å². The summed E-state index contributed by atoms with van der Waals surface area (Å²) in [5.41, 5.74) is 3.81. The number of allylic oxidation sites excluding steroid dienone is 1. The van der Waals surface area contributed by atoms with Crippen LogP contribution in [0.3, 0.4) is 0 Å². The van der Waals surface area contributed by atoms with E-state index < -0.39 is 0 Å². The molecule has 1 aliphatic carbocycles. The summed E-state index contributed by atoms with van der Waals surface area (Å²) in [5.74, 6) is 0.851. The molecule has 0 amide bonds. The van der Waals surface area contributed by atoms with Gasteiger partial charge in [0, 0.05) is 30.1 Å². The second kappa shape index (κ2) is 5.00. The molecule has 102 valence electrons. The summed E-state index contributed by atoms with van der Waals surface area (Å²) >= 11 is 0. The van der Waals surface area contributed by atoms with Gasteiger partial charge in [0.15, 0.2) is 5.78 Å². The Balaban J connectivity index is 2.00. The Kier molecular flexibility index (Phi) is 3.18. The summed E-state index contributed by atoms with van der Waals surface area (Å²) in [5, 5.41) is 0. The van der Waals surface area contributed by atoms with Crippen LogP contribution in [0.15, 0.2) is 42.1 Å². The molecule has 0 atom stereocenters. The number of nitrogens with zero attached hydrogens (tertiary/aromatic N) is 1. The number of ketones is 1. The van der Waals surface area contributed by atoms with Crippen molar-refractivity contribution >= 4 is 11.9 Å². The van der Waals surface area contributed by atoms with Crippen LogP contribution in [0, 0.1) is 0 Å². The lowest BCUT2D eigenvalue weighted by molar-refractivity contribution is 0.102. The van der Waals surface area contributed by atoms with E-state index in [0.29, 0.717) is 0 Å². The van der Waals surface area contributed by atoms with Crippen LogP contribution in [0.1, 0.15) is 28.0 Å². The minimum Gasteiger partial charge on any atom is -0.497 e. The first kappa shape index (κ1) is 12.7. The minimum atomic E-state index is 0.117. The van der Waals surface area contributed by atoms with Gasteiger partial charge < -0.3 is 9.30 Å². The number of hydrogen-bond acceptors (Lipinski definition) is 2. The molecule has 3 nitrogen and oxygen atoms in total. The molecule has 20 heavy (non-hydrogen) atoms. The van der Waals surface area contributed by atoms with Crippen LogP contribution in [0.4, 0.5) is 0 Å². The number of fused-ring (bicyclic) bond motifs is 1. The van der Waals surface area contributed by atoms with Crippen molar-refractivity contribution in [2.24, 2.45) is 7.05 Å². The molecule has 0 bridgehead atoms. The van der Waals surface area contributed by atoms with E-state index >= 15 is 0 Å². The fourth-order valence-corrected chi connectivity index (χ4v) is 2.61. The van der Waals surface area contributed by atoms with E-state index in [0.717, 1.165) is 41.0 Å². The maximum Gasteiger partial charge on any atom is 0.189 e. The average Bonchev–Trinajstić information content (AvgIpc) is 2.87. The molecule has 3 rings (SSSR count). The number of carbonyl (C=O) groups excluding carboxylic acids is 1. The van der Waals surface area contributed by atoms with Crippen molar-refractivity contribution in [3.8, 4) is 5.75 Å². The highest BCUT2D eigenvalue weighted by Gasteiger charge is 2.22. The monoisotopic (exact) mass is 267 g/mol. The normalized spacial score (nSPS) is 16.3. The number of aryl methyl sites for hydroxylation is 2. The Morgan fingerprint density at radius 3 is 2.80 bits per heavy atom. The van der Waals surface area contributed by atoms with E-state index in [9.17, 15) is 4.79 Å². The van der Waals surface area contributed by atoms with Crippen LogP contribution < -0.4 is 4.74 Å². The number of ether oxygens (including phenoxy) is 1. The highest BCUT2D eigenvalue weighted by atomic mass is 16.5. The fraction of sp³-hybridized carbons (Fsp3) is 0.235. The molecule has 3 heteroatoms. The van der Waals surface area contributed by atoms with E-state index in [1.807, 2.05) is 54.2 Å². The van der Waals surface area contributed by atoms with Gasteiger partial charge in [0.1, 0.15) is 5.75 Å². The van der Waals surface area contributed by atoms with Crippen LogP contribution in [-0.4, -0.2) is 17.5 Å². The van der Waals surface area contributed by atoms with E-state index in [4.69, 9.17) is 4.74 Å². The maximum absolute atomic E-state index is 12.6. The number of benzene rings is 1. The van der Waals surface area contributed by atoms with Crippen LogP contribution in [0.2, 0.25) is 0 Å². The van der Waals surface area contributed by atoms with E-state index in [2.05, 4.69) is 0 Å². The molecule has 2 aromatic rings. The van der Waals surface area contributed by atoms with Crippen molar-refractivity contribution in [2.75, 3.05) is 7.11 Å². The molecule has 0 aliphatic heterocycles. The smallest absolute Gasteiger partial charge is 0.189 e. The average molecular weight is 267 g/mol. The Bertz CT molecular complexity index is 695. The summed E-state index contributed by atoms with van der Waals surface area (Å²) in [4.78, 5) is 12.6. The molecule has 1 aliphatic rings. The van der Waals surface area contributed by atoms with E-state index in [1.54, 1.807) is 7.11 Å². The predicted octanol–water partition coefficient (Wildman–Crippen LogP) is 3.25. The third-order valence-corrected chi connectivity index (χ3v) is 3.82. The molecule has 0 fully saturated rings. The molecule has 1 heterocycles. The Hall–Kier alpha value is -2.29. The SMILES string of the molecule is COc1ccc2c(c1)C(=O)C(=Cc1cccn1C)CC2. The standard InChI is InChI=1S/C17H17NO2/c1-18-9-3-4-14(18)10-13-6-5-12-7-8-15(20-2)11-16(12)17(13)19/h3-4,7-11H,5-6H2,1-2H3. The summed E-state index contributed by atoms with van der Waals surface area (Å²) in [6, 6.07) is 9.75. The lowest BCUT2D eigenvalue weighted by Crippen LogP contribution is -2.14. The van der Waals surface area contributed by atoms with Crippen molar-refractivity contribution in [1.29, 1.82) is 0 Å². The highest BCUT2D eigenvalue weighted by Crippen LogP contribution is 2.29. The lowest BCUT2D eigenvalue weighted by Gasteiger charge is -2.18. The van der Waals surface area contributed by atoms with Crippen molar-refractivity contribution in [1.82, 2.24) is 4.57 Å². The molecular weight excluding hydrogens is 250 g/mol. The summed E-state index contributed by atoms with van der Waals surface area (Å²) < 4.78 is 7.23. The van der Waals surface area contributed by atoms with Gasteiger partial charge in [0.2, 0.25) is 0 Å². The van der Waals surface area contributed by atoms with E-state index in [-0.39, 0.29) is 5.78 Å². The molecule has 0 unspecified atom stereocenters. The quantitative estimate of drug-likeness (QED) is 0.782. The fourth-order valence-electron chi connectivity index (χ4n) is 2.61. The third-order valence-electron chi connectivity index (χ3n) is 3.82. The number of aromatic nitrogens is 1. The largest absolute Gasteiger partial charge is 0.497 e. The zero-order valence-electron chi connectivity index (χ0n) is 11.7. The Labute approximate surface area is 118 Å². The lowest BCUT2D eigenvalue weighted by atomic mass is 9.86. The molecule has 0 N–H and O–H groups in total. The number of methoxy groups -OCH3 is 1. The van der Waals surface area contributed by atoms with Crippen molar-refractivity contribution in [3.05, 3.63) is 58.9 Å². The molecule has 0 spiro atoms. The number of hydrogen-bond donors (Lipinski definition) is 0. The molecule has 0 saturated carbocycles. The second-order valence-corrected chi connectivity index (χ2v) is 5.07. The molecule has 1 aromatic heterocycles. The number of rotatable bonds is 2. The van der Waals surface area contributed by atoms with Gasteiger partial charge in [-0.3, -0.25) is 4.79 Å². The number of carbonyl (C=O) groups is 1. The van der Waals surface area contributed by atoms with Gasteiger partial charge >= 0.3 is 0 Å².